The zero-order chi connectivity index (χ0) is 19.9. The molecule has 0 aliphatic carbocycles. The standard InChI is InChI=1S/C24H32N2O2/c1-18-12-14-21(15-13-18)20(3)25-24(27)23-11-7-8-19(2)26(23)16-17-28-22-9-5-4-6-10-22/h4-6,9-10,12-15,19-20,23H,7-8,11,16-17H2,1-3H3,(H,25,27)/t19-,20-,23?/m0/s1. The number of amides is 1. The van der Waals surface area contributed by atoms with E-state index in [0.29, 0.717) is 12.6 Å². The number of rotatable bonds is 7. The van der Waals surface area contributed by atoms with Crippen molar-refractivity contribution in [3.63, 3.8) is 0 Å². The molecule has 0 saturated carbocycles. The van der Waals surface area contributed by atoms with Crippen LogP contribution in [-0.2, 0) is 4.79 Å². The Balaban J connectivity index is 1.58. The smallest absolute Gasteiger partial charge is 0.237 e. The summed E-state index contributed by atoms with van der Waals surface area (Å²) in [6, 6.07) is 18.5. The fourth-order valence-corrected chi connectivity index (χ4v) is 3.94. The predicted octanol–water partition coefficient (Wildman–Crippen LogP) is 4.49. The minimum atomic E-state index is -0.0870. The number of hydrogen-bond acceptors (Lipinski definition) is 3. The van der Waals surface area contributed by atoms with E-state index < -0.39 is 0 Å². The molecule has 1 amide bonds. The number of nitrogens with zero attached hydrogens (tertiary/aromatic N) is 1. The molecule has 3 rings (SSSR count). The summed E-state index contributed by atoms with van der Waals surface area (Å²) in [5.74, 6) is 1.00. The fourth-order valence-electron chi connectivity index (χ4n) is 3.94. The summed E-state index contributed by atoms with van der Waals surface area (Å²) in [4.78, 5) is 15.4. The van der Waals surface area contributed by atoms with Crippen LogP contribution in [0, 0.1) is 6.92 Å². The number of ether oxygens (including phenoxy) is 1. The third kappa shape index (κ3) is 5.35. The van der Waals surface area contributed by atoms with Crippen LogP contribution in [0.25, 0.3) is 0 Å². The van der Waals surface area contributed by atoms with E-state index in [9.17, 15) is 4.79 Å². The molecule has 4 heteroatoms. The first-order valence-electron chi connectivity index (χ1n) is 10.3. The number of para-hydroxylation sites is 1. The van der Waals surface area contributed by atoms with E-state index in [1.54, 1.807) is 0 Å². The summed E-state index contributed by atoms with van der Waals surface area (Å²) >= 11 is 0. The molecule has 1 N–H and O–H groups in total. The molecule has 0 aromatic heterocycles. The minimum Gasteiger partial charge on any atom is -0.492 e. The Morgan fingerprint density at radius 2 is 1.86 bits per heavy atom. The molecule has 1 unspecified atom stereocenters. The van der Waals surface area contributed by atoms with Gasteiger partial charge in [-0.25, -0.2) is 0 Å². The van der Waals surface area contributed by atoms with Crippen molar-refractivity contribution < 1.29 is 9.53 Å². The van der Waals surface area contributed by atoms with Crippen molar-refractivity contribution in [2.24, 2.45) is 0 Å². The van der Waals surface area contributed by atoms with Crippen LogP contribution in [0.3, 0.4) is 0 Å². The van der Waals surface area contributed by atoms with Crippen LogP contribution in [0.4, 0.5) is 0 Å². The van der Waals surface area contributed by atoms with Crippen LogP contribution in [-0.4, -0.2) is 36.0 Å². The van der Waals surface area contributed by atoms with Crippen LogP contribution < -0.4 is 10.1 Å². The number of carbonyl (C=O) groups is 1. The summed E-state index contributed by atoms with van der Waals surface area (Å²) < 4.78 is 5.87. The summed E-state index contributed by atoms with van der Waals surface area (Å²) in [5.41, 5.74) is 2.37. The maximum atomic E-state index is 13.0. The Labute approximate surface area is 168 Å². The van der Waals surface area contributed by atoms with Gasteiger partial charge in [0.15, 0.2) is 0 Å². The van der Waals surface area contributed by atoms with Gasteiger partial charge in [0.25, 0.3) is 0 Å². The van der Waals surface area contributed by atoms with Crippen molar-refractivity contribution in [2.75, 3.05) is 13.2 Å². The summed E-state index contributed by atoms with van der Waals surface area (Å²) in [6.07, 6.45) is 3.12. The molecule has 28 heavy (non-hydrogen) atoms. The Kier molecular flexibility index (Phi) is 7.10. The van der Waals surface area contributed by atoms with Crippen LogP contribution in [0.2, 0.25) is 0 Å². The molecule has 2 aromatic carbocycles. The highest BCUT2D eigenvalue weighted by atomic mass is 16.5. The van der Waals surface area contributed by atoms with Crippen molar-refractivity contribution in [3.05, 3.63) is 65.7 Å². The number of nitrogens with one attached hydrogen (secondary N) is 1. The van der Waals surface area contributed by atoms with Gasteiger partial charge in [0, 0.05) is 12.6 Å². The lowest BCUT2D eigenvalue weighted by Crippen LogP contribution is -2.54. The Bertz CT molecular complexity index is 745. The molecule has 150 valence electrons. The van der Waals surface area contributed by atoms with Gasteiger partial charge in [0.1, 0.15) is 12.4 Å². The van der Waals surface area contributed by atoms with Crippen molar-refractivity contribution in [1.82, 2.24) is 10.2 Å². The average molecular weight is 381 g/mol. The van der Waals surface area contributed by atoms with E-state index >= 15 is 0 Å². The van der Waals surface area contributed by atoms with Crippen molar-refractivity contribution in [1.29, 1.82) is 0 Å². The van der Waals surface area contributed by atoms with Crippen molar-refractivity contribution in [2.45, 2.75) is 58.2 Å². The Morgan fingerprint density at radius 3 is 2.57 bits per heavy atom. The van der Waals surface area contributed by atoms with Crippen LogP contribution in [0.5, 0.6) is 5.75 Å². The molecule has 0 spiro atoms. The highest BCUT2D eigenvalue weighted by Crippen LogP contribution is 2.24. The zero-order valence-corrected chi connectivity index (χ0v) is 17.2. The van der Waals surface area contributed by atoms with E-state index in [1.165, 1.54) is 5.56 Å². The lowest BCUT2D eigenvalue weighted by Gasteiger charge is -2.40. The van der Waals surface area contributed by atoms with Gasteiger partial charge in [-0.15, -0.1) is 0 Å². The second-order valence-corrected chi connectivity index (χ2v) is 7.84. The average Bonchev–Trinajstić information content (AvgIpc) is 2.70. The summed E-state index contributed by atoms with van der Waals surface area (Å²) in [6.45, 7) is 7.69. The first-order valence-corrected chi connectivity index (χ1v) is 10.3. The molecule has 4 nitrogen and oxygen atoms in total. The van der Waals surface area contributed by atoms with Gasteiger partial charge in [-0.1, -0.05) is 48.0 Å². The molecular weight excluding hydrogens is 348 g/mol. The second kappa shape index (κ2) is 9.74. The molecule has 2 aromatic rings. The molecule has 1 fully saturated rings. The normalized spacial score (nSPS) is 21.1. The lowest BCUT2D eigenvalue weighted by atomic mass is 9.95. The van der Waals surface area contributed by atoms with Gasteiger partial charge in [-0.05, 0) is 57.7 Å². The van der Waals surface area contributed by atoms with Crippen LogP contribution in [0.15, 0.2) is 54.6 Å². The maximum absolute atomic E-state index is 13.0. The molecule has 1 aliphatic rings. The van der Waals surface area contributed by atoms with Crippen molar-refractivity contribution >= 4 is 5.91 Å². The molecule has 1 aliphatic heterocycles. The summed E-state index contributed by atoms with van der Waals surface area (Å²) in [5, 5.41) is 3.22. The predicted molar refractivity (Wildman–Crippen MR) is 113 cm³/mol. The number of aryl methyl sites for hydroxylation is 1. The Hall–Kier alpha value is -2.33. The van der Waals surface area contributed by atoms with Gasteiger partial charge in [0.05, 0.1) is 12.1 Å². The zero-order valence-electron chi connectivity index (χ0n) is 17.2. The lowest BCUT2D eigenvalue weighted by molar-refractivity contribution is -0.129. The molecule has 1 saturated heterocycles. The molecule has 3 atom stereocenters. The van der Waals surface area contributed by atoms with Gasteiger partial charge < -0.3 is 10.1 Å². The van der Waals surface area contributed by atoms with Crippen LogP contribution in [0.1, 0.15) is 50.3 Å². The quantitative estimate of drug-likeness (QED) is 0.769. The highest BCUT2D eigenvalue weighted by Gasteiger charge is 2.33. The number of benzene rings is 2. The number of carbonyl (C=O) groups excluding carboxylic acids is 1. The molecule has 0 radical (unpaired) electrons. The first kappa shape index (κ1) is 20.4. The topological polar surface area (TPSA) is 41.6 Å². The van der Waals surface area contributed by atoms with Crippen molar-refractivity contribution in [3.8, 4) is 5.75 Å². The second-order valence-electron chi connectivity index (χ2n) is 7.84. The van der Waals surface area contributed by atoms with Gasteiger partial charge in [-0.3, -0.25) is 9.69 Å². The van der Waals surface area contributed by atoms with Gasteiger partial charge in [0.2, 0.25) is 5.91 Å². The fraction of sp³-hybridized carbons (Fsp3) is 0.458. The molecular formula is C24H32N2O2. The number of piperidine rings is 1. The van der Waals surface area contributed by atoms with E-state index in [0.717, 1.165) is 37.1 Å². The maximum Gasteiger partial charge on any atom is 0.237 e. The van der Waals surface area contributed by atoms with Gasteiger partial charge >= 0.3 is 0 Å². The Morgan fingerprint density at radius 1 is 1.14 bits per heavy atom. The van der Waals surface area contributed by atoms with E-state index in [-0.39, 0.29) is 18.0 Å². The highest BCUT2D eigenvalue weighted by molar-refractivity contribution is 5.82. The summed E-state index contributed by atoms with van der Waals surface area (Å²) in [7, 11) is 0. The minimum absolute atomic E-state index is 0.00718. The monoisotopic (exact) mass is 380 g/mol. The SMILES string of the molecule is Cc1ccc([C@H](C)NC(=O)C2CCC[C@H](C)N2CCOc2ccccc2)cc1. The third-order valence-corrected chi connectivity index (χ3v) is 5.67. The first-order chi connectivity index (χ1) is 13.5. The van der Waals surface area contributed by atoms with E-state index in [2.05, 4.69) is 55.3 Å². The largest absolute Gasteiger partial charge is 0.492 e. The molecule has 1 heterocycles. The number of hydrogen-bond donors (Lipinski definition) is 1. The number of likely N-dealkylation sites (tertiary alicyclic amines) is 1. The third-order valence-electron chi connectivity index (χ3n) is 5.67. The molecule has 0 bridgehead atoms. The van der Waals surface area contributed by atoms with Crippen LogP contribution >= 0.6 is 0 Å². The van der Waals surface area contributed by atoms with E-state index in [1.807, 2.05) is 30.3 Å². The van der Waals surface area contributed by atoms with Gasteiger partial charge in [-0.2, -0.15) is 0 Å². The van der Waals surface area contributed by atoms with E-state index in [4.69, 9.17) is 4.74 Å².